The monoisotopic (exact) mass is 426 g/mol. The SMILES string of the molecule is CCc1nnc(NC(=O)C2CCN(c3ccc4nnc(C(F)(F)F)n4n3)CC2)s1. The number of anilines is 2. The van der Waals surface area contributed by atoms with Crippen LogP contribution in [0.15, 0.2) is 12.1 Å². The van der Waals surface area contributed by atoms with Crippen LogP contribution in [0.3, 0.4) is 0 Å². The molecule has 0 bridgehead atoms. The summed E-state index contributed by atoms with van der Waals surface area (Å²) in [6.07, 6.45) is -2.78. The molecule has 0 saturated carbocycles. The maximum absolute atomic E-state index is 13.0. The van der Waals surface area contributed by atoms with Crippen molar-refractivity contribution < 1.29 is 18.0 Å². The van der Waals surface area contributed by atoms with Gasteiger partial charge < -0.3 is 10.2 Å². The van der Waals surface area contributed by atoms with Gasteiger partial charge in [0, 0.05) is 19.0 Å². The van der Waals surface area contributed by atoms with E-state index in [1.807, 2.05) is 11.8 Å². The lowest BCUT2D eigenvalue weighted by Crippen LogP contribution is -2.38. The Morgan fingerprint density at radius 3 is 2.62 bits per heavy atom. The number of piperidine rings is 1. The molecule has 0 atom stereocenters. The number of rotatable bonds is 4. The number of halogens is 3. The standard InChI is InChI=1S/C16H17F3N8OS/c1-2-12-22-24-15(29-12)20-13(28)9-5-7-26(8-6-9)11-4-3-10-21-23-14(16(17,18)19)27(10)25-11/h3-4,9H,2,5-8H2,1H3,(H,20,24,28). The zero-order chi connectivity index (χ0) is 20.6. The third-order valence-electron chi connectivity index (χ3n) is 4.69. The number of carbonyl (C=O) groups is 1. The molecule has 1 fully saturated rings. The van der Waals surface area contributed by atoms with Crippen LogP contribution in [-0.4, -0.2) is 49.0 Å². The van der Waals surface area contributed by atoms with Gasteiger partial charge in [-0.3, -0.25) is 4.79 Å². The first-order valence-electron chi connectivity index (χ1n) is 9.03. The minimum absolute atomic E-state index is 0.0267. The summed E-state index contributed by atoms with van der Waals surface area (Å²) in [6.45, 7) is 2.96. The van der Waals surface area contributed by atoms with Gasteiger partial charge in [-0.2, -0.15) is 17.7 Å². The molecule has 0 unspecified atom stereocenters. The summed E-state index contributed by atoms with van der Waals surface area (Å²) in [7, 11) is 0. The average Bonchev–Trinajstić information content (AvgIpc) is 3.33. The van der Waals surface area contributed by atoms with Crippen molar-refractivity contribution in [1.29, 1.82) is 0 Å². The van der Waals surface area contributed by atoms with Crippen molar-refractivity contribution in [3.63, 3.8) is 0 Å². The molecule has 0 aliphatic carbocycles. The number of hydrogen-bond donors (Lipinski definition) is 1. The van der Waals surface area contributed by atoms with E-state index < -0.39 is 12.0 Å². The van der Waals surface area contributed by atoms with Crippen LogP contribution in [0.5, 0.6) is 0 Å². The number of nitrogens with one attached hydrogen (secondary N) is 1. The molecule has 1 amide bonds. The second-order valence-electron chi connectivity index (χ2n) is 6.59. The first-order valence-corrected chi connectivity index (χ1v) is 9.84. The van der Waals surface area contributed by atoms with E-state index in [2.05, 4.69) is 30.8 Å². The molecule has 9 nitrogen and oxygen atoms in total. The topological polar surface area (TPSA) is 101 Å². The summed E-state index contributed by atoms with van der Waals surface area (Å²) < 4.78 is 39.8. The fourth-order valence-corrected chi connectivity index (χ4v) is 3.83. The smallest absolute Gasteiger partial charge is 0.355 e. The van der Waals surface area contributed by atoms with Gasteiger partial charge in [0.05, 0.1) is 0 Å². The van der Waals surface area contributed by atoms with Crippen LogP contribution in [-0.2, 0) is 17.4 Å². The molecule has 1 N–H and O–H groups in total. The Labute approximate surface area is 166 Å². The van der Waals surface area contributed by atoms with Crippen LogP contribution in [0, 0.1) is 5.92 Å². The summed E-state index contributed by atoms with van der Waals surface area (Å²) in [4.78, 5) is 14.3. The second-order valence-corrected chi connectivity index (χ2v) is 7.65. The normalized spacial score (nSPS) is 15.8. The predicted octanol–water partition coefficient (Wildman–Crippen LogP) is 2.41. The number of fused-ring (bicyclic) bond motifs is 1. The third kappa shape index (κ3) is 3.99. The number of nitrogens with zero attached hydrogens (tertiary/aromatic N) is 7. The summed E-state index contributed by atoms with van der Waals surface area (Å²) in [5, 5.41) is 22.8. The molecule has 154 valence electrons. The molecule has 13 heteroatoms. The molecule has 0 radical (unpaired) electrons. The zero-order valence-corrected chi connectivity index (χ0v) is 16.2. The Morgan fingerprint density at radius 1 is 1.21 bits per heavy atom. The lowest BCUT2D eigenvalue weighted by atomic mass is 9.96. The van der Waals surface area contributed by atoms with Gasteiger partial charge in [-0.15, -0.1) is 25.5 Å². The van der Waals surface area contributed by atoms with Crippen LogP contribution in [0.4, 0.5) is 24.1 Å². The minimum Gasteiger partial charge on any atom is -0.355 e. The van der Waals surface area contributed by atoms with Crippen molar-refractivity contribution in [2.24, 2.45) is 5.92 Å². The largest absolute Gasteiger partial charge is 0.453 e. The molecule has 0 aromatic carbocycles. The van der Waals surface area contributed by atoms with Gasteiger partial charge in [-0.25, -0.2) is 0 Å². The van der Waals surface area contributed by atoms with Crippen molar-refractivity contribution in [3.05, 3.63) is 23.0 Å². The van der Waals surface area contributed by atoms with Gasteiger partial charge in [0.2, 0.25) is 11.0 Å². The number of alkyl halides is 3. The molecule has 1 aliphatic heterocycles. The maximum atomic E-state index is 13.0. The van der Waals surface area contributed by atoms with Crippen LogP contribution in [0.25, 0.3) is 5.65 Å². The lowest BCUT2D eigenvalue weighted by molar-refractivity contribution is -0.146. The van der Waals surface area contributed by atoms with E-state index in [0.29, 0.717) is 41.4 Å². The number of hydrogen-bond acceptors (Lipinski definition) is 8. The molecular weight excluding hydrogens is 409 g/mol. The van der Waals surface area contributed by atoms with Crippen molar-refractivity contribution in [2.75, 3.05) is 23.3 Å². The van der Waals surface area contributed by atoms with E-state index in [4.69, 9.17) is 0 Å². The van der Waals surface area contributed by atoms with Crippen LogP contribution in [0.1, 0.15) is 30.6 Å². The molecule has 1 aliphatic rings. The van der Waals surface area contributed by atoms with Gasteiger partial charge >= 0.3 is 6.18 Å². The van der Waals surface area contributed by atoms with Crippen LogP contribution >= 0.6 is 11.3 Å². The van der Waals surface area contributed by atoms with E-state index in [-0.39, 0.29) is 17.5 Å². The number of aromatic nitrogens is 6. The maximum Gasteiger partial charge on any atom is 0.453 e. The van der Waals surface area contributed by atoms with E-state index >= 15 is 0 Å². The van der Waals surface area contributed by atoms with Crippen molar-refractivity contribution >= 4 is 33.8 Å². The molecule has 4 rings (SSSR count). The highest BCUT2D eigenvalue weighted by atomic mass is 32.1. The molecule has 29 heavy (non-hydrogen) atoms. The van der Waals surface area contributed by atoms with E-state index in [1.165, 1.54) is 17.4 Å². The van der Waals surface area contributed by atoms with E-state index in [9.17, 15) is 18.0 Å². The van der Waals surface area contributed by atoms with Crippen LogP contribution < -0.4 is 10.2 Å². The van der Waals surface area contributed by atoms with Crippen molar-refractivity contribution in [3.8, 4) is 0 Å². The van der Waals surface area contributed by atoms with Gasteiger partial charge in [-0.1, -0.05) is 18.3 Å². The molecule has 3 aromatic rings. The van der Waals surface area contributed by atoms with Gasteiger partial charge in [0.25, 0.3) is 5.82 Å². The van der Waals surface area contributed by atoms with Crippen LogP contribution in [0.2, 0.25) is 0 Å². The van der Waals surface area contributed by atoms with E-state index in [1.54, 1.807) is 6.07 Å². The molecule has 3 aromatic heterocycles. The van der Waals surface area contributed by atoms with Crippen molar-refractivity contribution in [2.45, 2.75) is 32.4 Å². The summed E-state index contributed by atoms with van der Waals surface area (Å²) in [5.41, 5.74) is 0.0267. The molecule has 1 saturated heterocycles. The second kappa shape index (κ2) is 7.54. The van der Waals surface area contributed by atoms with Gasteiger partial charge in [0.15, 0.2) is 5.65 Å². The highest BCUT2D eigenvalue weighted by Crippen LogP contribution is 2.29. The number of amides is 1. The number of carbonyl (C=O) groups excluding carboxylic acids is 1. The van der Waals surface area contributed by atoms with E-state index in [0.717, 1.165) is 11.4 Å². The molecule has 4 heterocycles. The highest BCUT2D eigenvalue weighted by molar-refractivity contribution is 7.15. The Hall–Kier alpha value is -2.83. The first-order chi connectivity index (χ1) is 13.8. The Balaban J connectivity index is 1.42. The molecular formula is C16H17F3N8OS. The first kappa shape index (κ1) is 19.5. The number of aryl methyl sites for hydroxylation is 1. The lowest BCUT2D eigenvalue weighted by Gasteiger charge is -2.31. The molecule has 0 spiro atoms. The highest BCUT2D eigenvalue weighted by Gasteiger charge is 2.38. The fourth-order valence-electron chi connectivity index (χ4n) is 3.15. The average molecular weight is 426 g/mol. The third-order valence-corrected chi connectivity index (χ3v) is 5.67. The fraction of sp³-hybridized carbons (Fsp3) is 0.500. The summed E-state index contributed by atoms with van der Waals surface area (Å²) in [6, 6.07) is 3.06. The predicted molar refractivity (Wildman–Crippen MR) is 98.6 cm³/mol. The Bertz CT molecular complexity index is 1020. The zero-order valence-electron chi connectivity index (χ0n) is 15.3. The Kier molecular flexibility index (Phi) is 5.06. The van der Waals surface area contributed by atoms with Crippen molar-refractivity contribution in [1.82, 2.24) is 30.0 Å². The summed E-state index contributed by atoms with van der Waals surface area (Å²) >= 11 is 1.35. The van der Waals surface area contributed by atoms with Gasteiger partial charge in [-0.05, 0) is 31.4 Å². The summed E-state index contributed by atoms with van der Waals surface area (Å²) in [5.74, 6) is -1.10. The van der Waals surface area contributed by atoms with Gasteiger partial charge in [0.1, 0.15) is 10.8 Å². The quantitative estimate of drug-likeness (QED) is 0.684. The minimum atomic E-state index is -4.64. The Morgan fingerprint density at radius 2 is 1.97 bits per heavy atom.